The molecule has 6 rings (SSSR count). The van der Waals surface area contributed by atoms with E-state index >= 15 is 0 Å². The molecule has 0 bridgehead atoms. The van der Waals surface area contributed by atoms with Crippen molar-refractivity contribution in [1.82, 2.24) is 14.8 Å². The number of alkyl halides is 5. The first-order chi connectivity index (χ1) is 21.4. The average molecular weight is 643 g/mol. The minimum Gasteiger partial charge on any atom is -0.462 e. The summed E-state index contributed by atoms with van der Waals surface area (Å²) in [7, 11) is 0. The summed E-state index contributed by atoms with van der Waals surface area (Å²) in [6.07, 6.45) is -8.34. The zero-order valence-corrected chi connectivity index (χ0v) is 23.7. The van der Waals surface area contributed by atoms with E-state index in [2.05, 4.69) is 25.1 Å². The standard InChI is InChI=1S/C29H19F5N6O4S/c1-16-13-18(25-35-15-39(38-25)19-6-8-20(9-7-19)44-29(33,34)28(30,31)32)5-10-21(16)36-26(42)37-27-40(23(41)14-45-27)22-4-2-3-17-11-12-43-24(17)22/h2-13,15H,14H2,1H3,(H,36,42)/b37-27-. The third kappa shape index (κ3) is 5.95. The van der Waals surface area contributed by atoms with Crippen molar-refractivity contribution in [3.63, 3.8) is 0 Å². The summed E-state index contributed by atoms with van der Waals surface area (Å²) >= 11 is 1.13. The summed E-state index contributed by atoms with van der Waals surface area (Å²) in [6, 6.07) is 15.8. The molecular formula is C29H19F5N6O4S. The number of amidine groups is 1. The second-order valence-corrected chi connectivity index (χ2v) is 10.6. The van der Waals surface area contributed by atoms with Crippen LogP contribution in [-0.2, 0) is 4.79 Å². The number of hydrogen-bond acceptors (Lipinski definition) is 7. The van der Waals surface area contributed by atoms with Gasteiger partial charge in [0.05, 0.1) is 23.4 Å². The lowest BCUT2D eigenvalue weighted by Crippen LogP contribution is -2.41. The first-order valence-electron chi connectivity index (χ1n) is 13.0. The molecule has 3 amide bonds. The first-order valence-corrected chi connectivity index (χ1v) is 14.0. The van der Waals surface area contributed by atoms with Crippen LogP contribution in [0.25, 0.3) is 28.0 Å². The number of anilines is 2. The predicted molar refractivity (Wildman–Crippen MR) is 156 cm³/mol. The normalized spacial score (nSPS) is 14.8. The Hall–Kier alpha value is -5.25. The number of fused-ring (bicyclic) bond motifs is 1. The number of urea groups is 1. The second kappa shape index (κ2) is 11.4. The number of nitrogens with zero attached hydrogens (tertiary/aromatic N) is 5. The lowest BCUT2D eigenvalue weighted by Gasteiger charge is -2.20. The molecule has 1 N–H and O–H groups in total. The molecule has 10 nitrogen and oxygen atoms in total. The second-order valence-electron chi connectivity index (χ2n) is 9.61. The van der Waals surface area contributed by atoms with Crippen molar-refractivity contribution in [3.05, 3.63) is 84.9 Å². The summed E-state index contributed by atoms with van der Waals surface area (Å²) in [4.78, 5) is 35.3. The molecule has 0 spiro atoms. The fourth-order valence-corrected chi connectivity index (χ4v) is 5.26. The minimum absolute atomic E-state index is 0.114. The molecule has 0 unspecified atom stereocenters. The molecule has 16 heteroatoms. The van der Waals surface area contributed by atoms with E-state index in [4.69, 9.17) is 4.42 Å². The van der Waals surface area contributed by atoms with E-state index in [1.165, 1.54) is 34.3 Å². The van der Waals surface area contributed by atoms with Crippen LogP contribution < -0.4 is 15.0 Å². The number of carbonyl (C=O) groups is 2. The Kier molecular flexibility index (Phi) is 7.52. The molecule has 0 atom stereocenters. The number of ether oxygens (including phenoxy) is 1. The lowest BCUT2D eigenvalue weighted by molar-refractivity contribution is -0.360. The maximum atomic E-state index is 13.2. The van der Waals surface area contributed by atoms with Crippen molar-refractivity contribution >= 4 is 51.2 Å². The topological polar surface area (TPSA) is 115 Å². The van der Waals surface area contributed by atoms with Gasteiger partial charge in [0.25, 0.3) is 0 Å². The third-order valence-corrected chi connectivity index (χ3v) is 7.48. The molecule has 230 valence electrons. The number of carbonyl (C=O) groups excluding carboxylic acids is 2. The maximum Gasteiger partial charge on any atom is 0.499 e. The summed E-state index contributed by atoms with van der Waals surface area (Å²) in [5.41, 5.74) is 3.00. The SMILES string of the molecule is Cc1cc(-c2ncn(-c3ccc(OC(F)(F)C(F)(F)F)cc3)n2)ccc1NC(=O)/N=C1\SCC(=O)N1c1cccc2ccoc12. The van der Waals surface area contributed by atoms with E-state index in [0.29, 0.717) is 33.8 Å². The van der Waals surface area contributed by atoms with Crippen molar-refractivity contribution in [3.8, 4) is 22.8 Å². The molecule has 2 aromatic heterocycles. The molecule has 1 aliphatic heterocycles. The molecule has 45 heavy (non-hydrogen) atoms. The summed E-state index contributed by atoms with van der Waals surface area (Å²) < 4.78 is 74.2. The number of furan rings is 1. The Morgan fingerprint density at radius 3 is 2.58 bits per heavy atom. The van der Waals surface area contributed by atoms with Crippen molar-refractivity contribution in [1.29, 1.82) is 0 Å². The van der Waals surface area contributed by atoms with Crippen molar-refractivity contribution < 1.29 is 40.7 Å². The van der Waals surface area contributed by atoms with Gasteiger partial charge < -0.3 is 14.5 Å². The fourth-order valence-electron chi connectivity index (χ4n) is 4.40. The fraction of sp³-hybridized carbons (Fsp3) is 0.138. The van der Waals surface area contributed by atoms with Gasteiger partial charge in [-0.2, -0.15) is 26.9 Å². The number of amides is 3. The van der Waals surface area contributed by atoms with Crippen LogP contribution >= 0.6 is 11.8 Å². The number of aliphatic imine (C=N–C) groups is 1. The van der Waals surface area contributed by atoms with E-state index in [1.807, 2.05) is 6.07 Å². The van der Waals surface area contributed by atoms with Gasteiger partial charge in [-0.1, -0.05) is 23.9 Å². The first kappa shape index (κ1) is 29.8. The summed E-state index contributed by atoms with van der Waals surface area (Å²) in [5.74, 6) is -0.526. The number of benzene rings is 3. The summed E-state index contributed by atoms with van der Waals surface area (Å²) in [5, 5.41) is 8.06. The summed E-state index contributed by atoms with van der Waals surface area (Å²) in [6.45, 7) is 1.75. The van der Waals surface area contributed by atoms with Crippen LogP contribution in [0.2, 0.25) is 0 Å². The molecule has 3 aromatic carbocycles. The number of para-hydroxylation sites is 1. The Morgan fingerprint density at radius 2 is 1.84 bits per heavy atom. The van der Waals surface area contributed by atoms with Crippen LogP contribution in [-0.4, -0.2) is 49.9 Å². The van der Waals surface area contributed by atoms with Crippen molar-refractivity contribution in [2.45, 2.75) is 19.2 Å². The van der Waals surface area contributed by atoms with Gasteiger partial charge in [0.2, 0.25) is 5.91 Å². The van der Waals surface area contributed by atoms with E-state index in [9.17, 15) is 31.5 Å². The highest BCUT2D eigenvalue weighted by Gasteiger charge is 2.61. The van der Waals surface area contributed by atoms with E-state index in [-0.39, 0.29) is 22.7 Å². The average Bonchev–Trinajstić information content (AvgIpc) is 3.74. The highest BCUT2D eigenvalue weighted by Crippen LogP contribution is 2.37. The zero-order chi connectivity index (χ0) is 31.9. The number of hydrogen-bond donors (Lipinski definition) is 1. The van der Waals surface area contributed by atoms with E-state index in [1.54, 1.807) is 43.3 Å². The number of aryl methyl sites for hydroxylation is 1. The number of thioether (sulfide) groups is 1. The van der Waals surface area contributed by atoms with Crippen LogP contribution in [0.3, 0.4) is 0 Å². The highest BCUT2D eigenvalue weighted by atomic mass is 32.2. The van der Waals surface area contributed by atoms with Crippen LogP contribution in [0.5, 0.6) is 5.75 Å². The number of aromatic nitrogens is 3. The Balaban J connectivity index is 1.15. The largest absolute Gasteiger partial charge is 0.499 e. The van der Waals surface area contributed by atoms with E-state index in [0.717, 1.165) is 29.3 Å². The number of nitrogens with one attached hydrogen (secondary N) is 1. The van der Waals surface area contributed by atoms with Gasteiger partial charge in [0.15, 0.2) is 16.6 Å². The minimum atomic E-state index is -5.86. The van der Waals surface area contributed by atoms with Crippen LogP contribution in [0, 0.1) is 6.92 Å². The van der Waals surface area contributed by atoms with Crippen molar-refractivity contribution in [2.75, 3.05) is 16.0 Å². The van der Waals surface area contributed by atoms with Crippen LogP contribution in [0.4, 0.5) is 38.1 Å². The molecular weight excluding hydrogens is 623 g/mol. The Labute approximate surface area is 254 Å². The predicted octanol–water partition coefficient (Wildman–Crippen LogP) is 7.19. The number of rotatable bonds is 6. The Morgan fingerprint density at radius 1 is 1.07 bits per heavy atom. The number of halogens is 5. The molecule has 1 fully saturated rings. The highest BCUT2D eigenvalue weighted by molar-refractivity contribution is 8.15. The van der Waals surface area contributed by atoms with Crippen LogP contribution in [0.15, 0.2) is 88.7 Å². The molecule has 0 saturated carbocycles. The lowest BCUT2D eigenvalue weighted by atomic mass is 10.1. The van der Waals surface area contributed by atoms with Gasteiger partial charge in [-0.15, -0.1) is 5.10 Å². The molecule has 5 aromatic rings. The van der Waals surface area contributed by atoms with E-state index < -0.39 is 24.1 Å². The molecule has 3 heterocycles. The molecule has 1 saturated heterocycles. The van der Waals surface area contributed by atoms with Gasteiger partial charge in [-0.05, 0) is 67.1 Å². The molecule has 0 aliphatic carbocycles. The van der Waals surface area contributed by atoms with Gasteiger partial charge >= 0.3 is 18.3 Å². The Bertz CT molecular complexity index is 1950. The van der Waals surface area contributed by atoms with Gasteiger partial charge in [-0.25, -0.2) is 14.5 Å². The van der Waals surface area contributed by atoms with Gasteiger partial charge in [0.1, 0.15) is 12.1 Å². The molecule has 0 radical (unpaired) electrons. The maximum absolute atomic E-state index is 13.2. The smallest absolute Gasteiger partial charge is 0.462 e. The quantitative estimate of drug-likeness (QED) is 0.195. The monoisotopic (exact) mass is 642 g/mol. The van der Waals surface area contributed by atoms with Gasteiger partial charge in [-0.3, -0.25) is 9.69 Å². The molecule has 1 aliphatic rings. The van der Waals surface area contributed by atoms with Crippen molar-refractivity contribution in [2.24, 2.45) is 4.99 Å². The third-order valence-electron chi connectivity index (χ3n) is 6.56. The van der Waals surface area contributed by atoms with Crippen LogP contribution in [0.1, 0.15) is 5.56 Å². The zero-order valence-electron chi connectivity index (χ0n) is 22.9. The van der Waals surface area contributed by atoms with Gasteiger partial charge in [0, 0.05) is 16.6 Å².